The van der Waals surface area contributed by atoms with Gasteiger partial charge in [0.15, 0.2) is 0 Å². The highest BCUT2D eigenvalue weighted by atomic mass is 35.5. The second kappa shape index (κ2) is 5.66. The van der Waals surface area contributed by atoms with E-state index in [0.29, 0.717) is 5.69 Å². The number of alkyl halides is 3. The van der Waals surface area contributed by atoms with Gasteiger partial charge in [-0.2, -0.15) is 18.4 Å². The average Bonchev–Trinajstić information content (AvgIpc) is 2.40. The van der Waals surface area contributed by atoms with E-state index in [2.05, 4.69) is 5.32 Å². The molecule has 0 heterocycles. The van der Waals surface area contributed by atoms with Gasteiger partial charge in [-0.05, 0) is 42.8 Å². The van der Waals surface area contributed by atoms with Crippen molar-refractivity contribution in [3.05, 3.63) is 58.1 Å². The SMILES string of the molecule is Cc1ccc(C#N)c(Nc2ccc(Cl)cc2C(F)(F)F)c1. The van der Waals surface area contributed by atoms with Crippen LogP contribution in [0.1, 0.15) is 16.7 Å². The molecule has 0 radical (unpaired) electrons. The molecule has 0 fully saturated rings. The number of aryl methyl sites for hydroxylation is 1. The summed E-state index contributed by atoms with van der Waals surface area (Å²) in [4.78, 5) is 0. The van der Waals surface area contributed by atoms with Crippen LogP contribution < -0.4 is 5.32 Å². The molecule has 21 heavy (non-hydrogen) atoms. The zero-order valence-corrected chi connectivity index (χ0v) is 11.7. The molecule has 6 heteroatoms. The summed E-state index contributed by atoms with van der Waals surface area (Å²) >= 11 is 5.63. The van der Waals surface area contributed by atoms with Crippen LogP contribution >= 0.6 is 11.6 Å². The van der Waals surface area contributed by atoms with E-state index in [-0.39, 0.29) is 16.3 Å². The van der Waals surface area contributed by atoms with E-state index >= 15 is 0 Å². The quantitative estimate of drug-likeness (QED) is 0.819. The van der Waals surface area contributed by atoms with Crippen molar-refractivity contribution in [1.29, 1.82) is 5.26 Å². The van der Waals surface area contributed by atoms with Crippen LogP contribution in [0.5, 0.6) is 0 Å². The van der Waals surface area contributed by atoms with Crippen molar-refractivity contribution in [2.24, 2.45) is 0 Å². The lowest BCUT2D eigenvalue weighted by Gasteiger charge is -2.16. The fourth-order valence-corrected chi connectivity index (χ4v) is 2.04. The van der Waals surface area contributed by atoms with Gasteiger partial charge < -0.3 is 5.32 Å². The summed E-state index contributed by atoms with van der Waals surface area (Å²) in [5.41, 5.74) is 0.405. The van der Waals surface area contributed by atoms with Crippen molar-refractivity contribution < 1.29 is 13.2 Å². The van der Waals surface area contributed by atoms with Crippen molar-refractivity contribution >= 4 is 23.0 Å². The Kier molecular flexibility index (Phi) is 4.10. The highest BCUT2D eigenvalue weighted by Gasteiger charge is 2.34. The van der Waals surface area contributed by atoms with Gasteiger partial charge in [0, 0.05) is 5.02 Å². The van der Waals surface area contributed by atoms with Crippen molar-refractivity contribution in [2.75, 3.05) is 5.32 Å². The average molecular weight is 311 g/mol. The second-order valence-electron chi connectivity index (χ2n) is 4.47. The van der Waals surface area contributed by atoms with E-state index in [9.17, 15) is 13.2 Å². The van der Waals surface area contributed by atoms with Gasteiger partial charge in [-0.3, -0.25) is 0 Å². The highest BCUT2D eigenvalue weighted by Crippen LogP contribution is 2.38. The Morgan fingerprint density at radius 2 is 1.81 bits per heavy atom. The van der Waals surface area contributed by atoms with Crippen LogP contribution in [-0.4, -0.2) is 0 Å². The van der Waals surface area contributed by atoms with Gasteiger partial charge in [0.05, 0.1) is 22.5 Å². The summed E-state index contributed by atoms with van der Waals surface area (Å²) < 4.78 is 39.1. The number of hydrogen-bond donors (Lipinski definition) is 1. The van der Waals surface area contributed by atoms with Gasteiger partial charge >= 0.3 is 6.18 Å². The van der Waals surface area contributed by atoms with E-state index in [1.807, 2.05) is 6.07 Å². The first-order chi connectivity index (χ1) is 9.81. The standard InChI is InChI=1S/C15H10ClF3N2/c1-9-2-3-10(8-20)14(6-9)21-13-5-4-11(16)7-12(13)15(17,18)19/h2-7,21H,1H3. The lowest BCUT2D eigenvalue weighted by Crippen LogP contribution is -2.09. The Balaban J connectivity index is 2.50. The molecule has 0 aliphatic heterocycles. The molecule has 0 aromatic heterocycles. The molecule has 0 bridgehead atoms. The molecule has 0 atom stereocenters. The third-order valence-electron chi connectivity index (χ3n) is 2.85. The lowest BCUT2D eigenvalue weighted by molar-refractivity contribution is -0.136. The molecule has 0 amide bonds. The lowest BCUT2D eigenvalue weighted by atomic mass is 10.1. The number of hydrogen-bond acceptors (Lipinski definition) is 2. The van der Waals surface area contributed by atoms with Gasteiger partial charge in [-0.25, -0.2) is 0 Å². The first kappa shape index (κ1) is 15.2. The van der Waals surface area contributed by atoms with Gasteiger partial charge in [0.2, 0.25) is 0 Å². The van der Waals surface area contributed by atoms with Gasteiger partial charge in [-0.15, -0.1) is 0 Å². The summed E-state index contributed by atoms with van der Waals surface area (Å²) in [5.74, 6) is 0. The minimum Gasteiger partial charge on any atom is -0.354 e. The van der Waals surface area contributed by atoms with Crippen LogP contribution in [0.4, 0.5) is 24.5 Å². The zero-order chi connectivity index (χ0) is 15.6. The van der Waals surface area contributed by atoms with E-state index < -0.39 is 11.7 Å². The highest BCUT2D eigenvalue weighted by molar-refractivity contribution is 6.30. The first-order valence-electron chi connectivity index (χ1n) is 5.96. The maximum Gasteiger partial charge on any atom is 0.418 e. The van der Waals surface area contributed by atoms with Crippen molar-refractivity contribution in [3.8, 4) is 6.07 Å². The Morgan fingerprint density at radius 3 is 2.43 bits per heavy atom. The second-order valence-corrected chi connectivity index (χ2v) is 4.91. The maximum absolute atomic E-state index is 13.0. The molecule has 2 rings (SSSR count). The fourth-order valence-electron chi connectivity index (χ4n) is 1.86. The molecule has 0 spiro atoms. The minimum absolute atomic E-state index is 0.00220. The predicted octanol–water partition coefficient (Wildman–Crippen LogP) is 5.28. The van der Waals surface area contributed by atoms with Crippen LogP contribution in [-0.2, 0) is 6.18 Å². The Hall–Kier alpha value is -2.19. The number of nitrogens with zero attached hydrogens (tertiary/aromatic N) is 1. The number of nitriles is 1. The zero-order valence-electron chi connectivity index (χ0n) is 10.9. The molecular weight excluding hydrogens is 301 g/mol. The summed E-state index contributed by atoms with van der Waals surface area (Å²) in [6.07, 6.45) is -4.54. The third kappa shape index (κ3) is 3.47. The minimum atomic E-state index is -4.54. The topological polar surface area (TPSA) is 35.8 Å². The van der Waals surface area contributed by atoms with Gasteiger partial charge in [-0.1, -0.05) is 17.7 Å². The molecule has 2 aromatic carbocycles. The van der Waals surface area contributed by atoms with E-state index in [1.165, 1.54) is 12.1 Å². The molecule has 0 saturated heterocycles. The van der Waals surface area contributed by atoms with E-state index in [0.717, 1.165) is 11.6 Å². The Morgan fingerprint density at radius 1 is 1.10 bits per heavy atom. The molecule has 108 valence electrons. The third-order valence-corrected chi connectivity index (χ3v) is 3.09. The molecule has 2 aromatic rings. The van der Waals surface area contributed by atoms with E-state index in [4.69, 9.17) is 16.9 Å². The van der Waals surface area contributed by atoms with Crippen molar-refractivity contribution in [3.63, 3.8) is 0 Å². The summed E-state index contributed by atoms with van der Waals surface area (Å²) in [6.45, 7) is 1.79. The molecule has 0 aliphatic carbocycles. The van der Waals surface area contributed by atoms with Crippen LogP contribution in [0.25, 0.3) is 0 Å². The maximum atomic E-state index is 13.0. The number of halogens is 4. The number of nitrogens with one attached hydrogen (secondary N) is 1. The number of rotatable bonds is 2. The van der Waals surface area contributed by atoms with Gasteiger partial charge in [0.1, 0.15) is 6.07 Å². The Labute approximate surface area is 124 Å². The fraction of sp³-hybridized carbons (Fsp3) is 0.133. The summed E-state index contributed by atoms with van der Waals surface area (Å²) in [7, 11) is 0. The van der Waals surface area contributed by atoms with E-state index in [1.54, 1.807) is 25.1 Å². The largest absolute Gasteiger partial charge is 0.418 e. The molecular formula is C15H10ClF3N2. The summed E-state index contributed by atoms with van der Waals surface area (Å²) in [6, 6.07) is 10.3. The molecule has 0 unspecified atom stereocenters. The number of anilines is 2. The smallest absolute Gasteiger partial charge is 0.354 e. The van der Waals surface area contributed by atoms with Crippen LogP contribution in [0.2, 0.25) is 5.02 Å². The monoisotopic (exact) mass is 310 g/mol. The van der Waals surface area contributed by atoms with Crippen molar-refractivity contribution in [2.45, 2.75) is 13.1 Å². The molecule has 0 saturated carbocycles. The van der Waals surface area contributed by atoms with Crippen LogP contribution in [0.15, 0.2) is 36.4 Å². The molecule has 0 aliphatic rings. The van der Waals surface area contributed by atoms with Crippen molar-refractivity contribution in [1.82, 2.24) is 0 Å². The predicted molar refractivity (Wildman–Crippen MR) is 75.6 cm³/mol. The Bertz CT molecular complexity index is 718. The summed E-state index contributed by atoms with van der Waals surface area (Å²) in [5, 5.41) is 11.7. The number of benzene rings is 2. The van der Waals surface area contributed by atoms with Crippen LogP contribution in [0, 0.1) is 18.3 Å². The van der Waals surface area contributed by atoms with Crippen LogP contribution in [0.3, 0.4) is 0 Å². The molecule has 2 nitrogen and oxygen atoms in total. The van der Waals surface area contributed by atoms with Gasteiger partial charge in [0.25, 0.3) is 0 Å². The normalized spacial score (nSPS) is 11.0. The molecule has 1 N–H and O–H groups in total. The first-order valence-corrected chi connectivity index (χ1v) is 6.33.